The van der Waals surface area contributed by atoms with Crippen LogP contribution in [0.4, 0.5) is 11.6 Å². The van der Waals surface area contributed by atoms with E-state index in [-0.39, 0.29) is 0 Å². The molecule has 5 heteroatoms. The number of rotatable bonds is 5. The molecule has 96 valence electrons. The van der Waals surface area contributed by atoms with Crippen LogP contribution < -0.4 is 15.5 Å². The van der Waals surface area contributed by atoms with E-state index in [1.165, 1.54) is 0 Å². The molecule has 1 rings (SSSR count). The predicted octanol–water partition coefficient (Wildman–Crippen LogP) is 1.02. The molecule has 0 amide bonds. The highest BCUT2D eigenvalue weighted by Gasteiger charge is 2.11. The molecule has 0 aliphatic rings. The summed E-state index contributed by atoms with van der Waals surface area (Å²) in [7, 11) is 4.03. The summed E-state index contributed by atoms with van der Waals surface area (Å²) in [6.07, 6.45) is 0. The van der Waals surface area contributed by atoms with Crippen LogP contribution in [0.15, 0.2) is 6.07 Å². The molecule has 1 aromatic heterocycles. The van der Waals surface area contributed by atoms with Gasteiger partial charge < -0.3 is 15.5 Å². The first-order chi connectivity index (χ1) is 7.95. The Bertz CT molecular complexity index is 364. The van der Waals surface area contributed by atoms with E-state index in [9.17, 15) is 0 Å². The van der Waals surface area contributed by atoms with E-state index in [2.05, 4.69) is 28.7 Å². The summed E-state index contributed by atoms with van der Waals surface area (Å²) < 4.78 is 0. The third-order valence-corrected chi connectivity index (χ3v) is 2.80. The number of hydrogen-bond acceptors (Lipinski definition) is 5. The quantitative estimate of drug-likeness (QED) is 0.828. The van der Waals surface area contributed by atoms with Crippen molar-refractivity contribution in [2.75, 3.05) is 37.0 Å². The van der Waals surface area contributed by atoms with Gasteiger partial charge in [-0.2, -0.15) is 0 Å². The zero-order valence-electron chi connectivity index (χ0n) is 11.4. The number of aryl methyl sites for hydroxylation is 1. The van der Waals surface area contributed by atoms with Crippen molar-refractivity contribution in [3.05, 3.63) is 11.9 Å². The van der Waals surface area contributed by atoms with E-state index in [4.69, 9.17) is 5.73 Å². The number of likely N-dealkylation sites (N-methyl/N-ethyl adjacent to an activating group) is 1. The predicted molar refractivity (Wildman–Crippen MR) is 72.6 cm³/mol. The maximum atomic E-state index is 5.56. The Morgan fingerprint density at radius 2 is 1.82 bits per heavy atom. The average Bonchev–Trinajstić information content (AvgIpc) is 2.27. The molecule has 1 heterocycles. The van der Waals surface area contributed by atoms with Gasteiger partial charge in [0, 0.05) is 39.3 Å². The first-order valence-electron chi connectivity index (χ1n) is 5.95. The smallest absolute Gasteiger partial charge is 0.134 e. The maximum Gasteiger partial charge on any atom is 0.134 e. The first-order valence-corrected chi connectivity index (χ1v) is 5.95. The minimum Gasteiger partial charge on any atom is -0.358 e. The highest BCUT2D eigenvalue weighted by atomic mass is 15.2. The lowest BCUT2D eigenvalue weighted by Gasteiger charge is -2.25. The van der Waals surface area contributed by atoms with Crippen LogP contribution in [0, 0.1) is 6.92 Å². The van der Waals surface area contributed by atoms with E-state index in [0.29, 0.717) is 12.6 Å². The molecule has 0 saturated heterocycles. The third-order valence-electron chi connectivity index (χ3n) is 2.80. The van der Waals surface area contributed by atoms with Crippen LogP contribution in [0.1, 0.15) is 19.7 Å². The molecule has 0 unspecified atom stereocenters. The Morgan fingerprint density at radius 1 is 1.24 bits per heavy atom. The largest absolute Gasteiger partial charge is 0.358 e. The monoisotopic (exact) mass is 237 g/mol. The van der Waals surface area contributed by atoms with Crippen LogP contribution in [0.3, 0.4) is 0 Å². The lowest BCUT2D eigenvalue weighted by molar-refractivity contribution is 0.737. The van der Waals surface area contributed by atoms with Gasteiger partial charge in [0.05, 0.1) is 0 Å². The Labute approximate surface area is 104 Å². The maximum absolute atomic E-state index is 5.56. The minimum absolute atomic E-state index is 0.414. The molecular formula is C12H23N5. The number of aromatic nitrogens is 2. The Kier molecular flexibility index (Phi) is 4.69. The molecule has 1 aromatic rings. The van der Waals surface area contributed by atoms with Crippen molar-refractivity contribution in [1.82, 2.24) is 9.97 Å². The first kappa shape index (κ1) is 13.7. The fourth-order valence-electron chi connectivity index (χ4n) is 1.49. The van der Waals surface area contributed by atoms with Crippen LogP contribution in [0.5, 0.6) is 0 Å². The lowest BCUT2D eigenvalue weighted by Crippen LogP contribution is -2.29. The van der Waals surface area contributed by atoms with Crippen molar-refractivity contribution in [1.29, 1.82) is 0 Å². The second-order valence-corrected chi connectivity index (χ2v) is 4.55. The molecule has 0 radical (unpaired) electrons. The summed E-state index contributed by atoms with van der Waals surface area (Å²) in [6, 6.07) is 2.42. The van der Waals surface area contributed by atoms with Crippen molar-refractivity contribution in [2.24, 2.45) is 5.73 Å². The van der Waals surface area contributed by atoms with Gasteiger partial charge in [0.15, 0.2) is 0 Å². The third kappa shape index (κ3) is 3.56. The lowest BCUT2D eigenvalue weighted by atomic mass is 10.3. The summed E-state index contributed by atoms with van der Waals surface area (Å²) in [5, 5.41) is 0. The Balaban J connectivity index is 3.01. The van der Waals surface area contributed by atoms with Gasteiger partial charge in [-0.1, -0.05) is 0 Å². The van der Waals surface area contributed by atoms with Crippen LogP contribution in [0.2, 0.25) is 0 Å². The topological polar surface area (TPSA) is 58.3 Å². The molecule has 0 bridgehead atoms. The molecule has 2 N–H and O–H groups in total. The zero-order valence-corrected chi connectivity index (χ0v) is 11.4. The van der Waals surface area contributed by atoms with Gasteiger partial charge in [-0.15, -0.1) is 0 Å². The fraction of sp³-hybridized carbons (Fsp3) is 0.667. The van der Waals surface area contributed by atoms with Gasteiger partial charge in [0.25, 0.3) is 0 Å². The van der Waals surface area contributed by atoms with Gasteiger partial charge in [-0.3, -0.25) is 0 Å². The number of anilines is 2. The molecule has 0 spiro atoms. The summed E-state index contributed by atoms with van der Waals surface area (Å²) >= 11 is 0. The Hall–Kier alpha value is -1.36. The molecular weight excluding hydrogens is 214 g/mol. The molecule has 0 fully saturated rings. The highest BCUT2D eigenvalue weighted by Crippen LogP contribution is 2.18. The summed E-state index contributed by atoms with van der Waals surface area (Å²) in [5.41, 5.74) is 5.56. The second-order valence-electron chi connectivity index (χ2n) is 4.55. The van der Waals surface area contributed by atoms with E-state index in [0.717, 1.165) is 24.0 Å². The molecule has 5 nitrogen and oxygen atoms in total. The number of nitrogens with zero attached hydrogens (tertiary/aromatic N) is 4. The molecule has 0 aromatic carbocycles. The fourth-order valence-corrected chi connectivity index (χ4v) is 1.49. The normalized spacial score (nSPS) is 10.8. The minimum atomic E-state index is 0.414. The van der Waals surface area contributed by atoms with Crippen molar-refractivity contribution in [2.45, 2.75) is 26.8 Å². The summed E-state index contributed by atoms with van der Waals surface area (Å²) in [6.45, 7) is 7.61. The standard InChI is InChI=1S/C12H23N5/c1-9(2)17(5)12-8-11(14-10(3)15-12)16(4)7-6-13/h8-9H,6-7,13H2,1-5H3. The van der Waals surface area contributed by atoms with E-state index in [1.807, 2.05) is 32.0 Å². The van der Waals surface area contributed by atoms with Crippen LogP contribution in [-0.4, -0.2) is 43.2 Å². The summed E-state index contributed by atoms with van der Waals surface area (Å²) in [4.78, 5) is 13.1. The van der Waals surface area contributed by atoms with Gasteiger partial charge in [0.2, 0.25) is 0 Å². The molecule has 0 aliphatic carbocycles. The molecule has 0 aliphatic heterocycles. The Morgan fingerprint density at radius 3 is 2.35 bits per heavy atom. The van der Waals surface area contributed by atoms with Crippen molar-refractivity contribution in [3.8, 4) is 0 Å². The van der Waals surface area contributed by atoms with Gasteiger partial charge >= 0.3 is 0 Å². The van der Waals surface area contributed by atoms with E-state index < -0.39 is 0 Å². The number of nitrogens with two attached hydrogens (primary N) is 1. The average molecular weight is 237 g/mol. The van der Waals surface area contributed by atoms with Crippen molar-refractivity contribution < 1.29 is 0 Å². The molecule has 0 saturated carbocycles. The van der Waals surface area contributed by atoms with Crippen molar-refractivity contribution in [3.63, 3.8) is 0 Å². The van der Waals surface area contributed by atoms with Gasteiger partial charge in [-0.25, -0.2) is 9.97 Å². The molecule has 17 heavy (non-hydrogen) atoms. The number of hydrogen-bond donors (Lipinski definition) is 1. The summed E-state index contributed by atoms with van der Waals surface area (Å²) in [5.74, 6) is 2.66. The zero-order chi connectivity index (χ0) is 13.0. The van der Waals surface area contributed by atoms with Crippen LogP contribution >= 0.6 is 0 Å². The second kappa shape index (κ2) is 5.82. The van der Waals surface area contributed by atoms with E-state index in [1.54, 1.807) is 0 Å². The van der Waals surface area contributed by atoms with Crippen LogP contribution in [0.25, 0.3) is 0 Å². The highest BCUT2D eigenvalue weighted by molar-refractivity contribution is 5.50. The van der Waals surface area contributed by atoms with Crippen LogP contribution in [-0.2, 0) is 0 Å². The van der Waals surface area contributed by atoms with Gasteiger partial charge in [0.1, 0.15) is 17.5 Å². The van der Waals surface area contributed by atoms with Gasteiger partial charge in [-0.05, 0) is 20.8 Å². The van der Waals surface area contributed by atoms with Crippen molar-refractivity contribution >= 4 is 11.6 Å². The molecule has 0 atom stereocenters. The SMILES string of the molecule is Cc1nc(N(C)CCN)cc(N(C)C(C)C)n1. The van der Waals surface area contributed by atoms with E-state index >= 15 is 0 Å².